The molecular weight excluding hydrogens is 334 g/mol. The normalized spacial score (nSPS) is 11.7. The third-order valence-corrected chi connectivity index (χ3v) is 3.63. The maximum absolute atomic E-state index is 12.3. The number of esters is 1. The maximum Gasteiger partial charge on any atom is 0.337 e. The van der Waals surface area contributed by atoms with Crippen LogP contribution in [-0.2, 0) is 9.53 Å². The number of amides is 1. The Morgan fingerprint density at radius 3 is 2.42 bits per heavy atom. The molecule has 2 N–H and O–H groups in total. The number of aliphatic carboxylic acids is 1. The van der Waals surface area contributed by atoms with Crippen molar-refractivity contribution in [2.24, 2.45) is 0 Å². The Hall–Kier alpha value is -3.41. The van der Waals surface area contributed by atoms with E-state index in [0.717, 1.165) is 5.56 Å². The molecule has 26 heavy (non-hydrogen) atoms. The number of rotatable bonds is 7. The van der Waals surface area contributed by atoms with Crippen LogP contribution in [0.25, 0.3) is 6.08 Å². The predicted octanol–water partition coefficient (Wildman–Crippen LogP) is 2.76. The lowest BCUT2D eigenvalue weighted by atomic mass is 10.1. The molecule has 6 heteroatoms. The zero-order chi connectivity index (χ0) is 18.9. The third-order valence-electron chi connectivity index (χ3n) is 3.63. The van der Waals surface area contributed by atoms with Crippen LogP contribution >= 0.6 is 0 Å². The Bertz CT molecular complexity index is 814. The highest BCUT2D eigenvalue weighted by Gasteiger charge is 2.20. The molecule has 0 unspecified atom stereocenters. The highest BCUT2D eigenvalue weighted by molar-refractivity contribution is 5.99. The topological polar surface area (TPSA) is 92.7 Å². The molecule has 134 valence electrons. The Morgan fingerprint density at radius 1 is 1.08 bits per heavy atom. The highest BCUT2D eigenvalue weighted by atomic mass is 16.5. The van der Waals surface area contributed by atoms with Crippen LogP contribution in [0.3, 0.4) is 0 Å². The molecule has 0 aliphatic carbocycles. The first-order valence-corrected chi connectivity index (χ1v) is 7.95. The van der Waals surface area contributed by atoms with Gasteiger partial charge in [-0.15, -0.1) is 0 Å². The Morgan fingerprint density at radius 2 is 1.77 bits per heavy atom. The van der Waals surface area contributed by atoms with Crippen molar-refractivity contribution in [3.05, 3.63) is 77.4 Å². The first-order valence-electron chi connectivity index (χ1n) is 7.95. The molecule has 0 fully saturated rings. The lowest BCUT2D eigenvalue weighted by molar-refractivity contribution is -0.139. The van der Waals surface area contributed by atoms with Crippen LogP contribution in [0, 0.1) is 0 Å². The summed E-state index contributed by atoms with van der Waals surface area (Å²) >= 11 is 0. The zero-order valence-corrected chi connectivity index (χ0v) is 14.2. The summed E-state index contributed by atoms with van der Waals surface area (Å²) in [6, 6.07) is 14.3. The van der Waals surface area contributed by atoms with Crippen LogP contribution in [0.2, 0.25) is 0 Å². The number of carbonyl (C=O) groups is 3. The second-order valence-electron chi connectivity index (χ2n) is 5.49. The van der Waals surface area contributed by atoms with Gasteiger partial charge in [-0.25, -0.2) is 9.59 Å². The summed E-state index contributed by atoms with van der Waals surface area (Å²) in [4.78, 5) is 35.3. The Balaban J connectivity index is 2.05. The first kappa shape index (κ1) is 18.9. The van der Waals surface area contributed by atoms with E-state index in [0.29, 0.717) is 0 Å². The van der Waals surface area contributed by atoms with Crippen LogP contribution in [0.4, 0.5) is 0 Å². The monoisotopic (exact) mass is 353 g/mol. The van der Waals surface area contributed by atoms with Gasteiger partial charge in [0.2, 0.25) is 0 Å². The van der Waals surface area contributed by atoms with Gasteiger partial charge in [0.05, 0.1) is 12.7 Å². The summed E-state index contributed by atoms with van der Waals surface area (Å²) in [7, 11) is 1.24. The molecule has 0 heterocycles. The minimum absolute atomic E-state index is 0.132. The molecular formula is C20H19NO5. The molecule has 0 bridgehead atoms. The van der Waals surface area contributed by atoms with Gasteiger partial charge in [-0.1, -0.05) is 48.6 Å². The summed E-state index contributed by atoms with van der Waals surface area (Å²) in [5, 5.41) is 11.8. The maximum atomic E-state index is 12.3. The second-order valence-corrected chi connectivity index (χ2v) is 5.49. The van der Waals surface area contributed by atoms with Crippen LogP contribution in [0.15, 0.2) is 60.7 Å². The first-order chi connectivity index (χ1) is 12.5. The molecule has 0 aromatic heterocycles. The van der Waals surface area contributed by atoms with Crippen molar-refractivity contribution in [2.75, 3.05) is 7.11 Å². The minimum atomic E-state index is -1.14. The summed E-state index contributed by atoms with van der Waals surface area (Å²) in [6.07, 6.45) is 3.62. The van der Waals surface area contributed by atoms with Crippen molar-refractivity contribution in [3.63, 3.8) is 0 Å². The van der Waals surface area contributed by atoms with Crippen molar-refractivity contribution >= 4 is 23.9 Å². The molecule has 1 amide bonds. The molecule has 2 rings (SSSR count). The lowest BCUT2D eigenvalue weighted by Gasteiger charge is -2.13. The van der Waals surface area contributed by atoms with E-state index in [1.807, 2.05) is 30.3 Å². The van der Waals surface area contributed by atoms with Gasteiger partial charge in [0, 0.05) is 5.56 Å². The fourth-order valence-electron chi connectivity index (χ4n) is 2.27. The fourth-order valence-corrected chi connectivity index (χ4v) is 2.27. The van der Waals surface area contributed by atoms with E-state index in [1.54, 1.807) is 12.2 Å². The fraction of sp³-hybridized carbons (Fsp3) is 0.150. The molecule has 2 aromatic carbocycles. The molecule has 1 atom stereocenters. The van der Waals surface area contributed by atoms with Crippen molar-refractivity contribution in [2.45, 2.75) is 12.5 Å². The van der Waals surface area contributed by atoms with E-state index in [2.05, 4.69) is 10.1 Å². The number of carbonyl (C=O) groups excluding carboxylic acids is 2. The van der Waals surface area contributed by atoms with Crippen LogP contribution in [0.5, 0.6) is 0 Å². The number of methoxy groups -OCH3 is 1. The van der Waals surface area contributed by atoms with Gasteiger partial charge >= 0.3 is 11.9 Å². The predicted molar refractivity (Wildman–Crippen MR) is 96.8 cm³/mol. The second kappa shape index (κ2) is 9.17. The van der Waals surface area contributed by atoms with Gasteiger partial charge in [0.25, 0.3) is 5.91 Å². The van der Waals surface area contributed by atoms with Gasteiger partial charge in [0.15, 0.2) is 0 Å². The number of carboxylic acid groups (broad SMARTS) is 1. The van der Waals surface area contributed by atoms with Crippen LogP contribution in [0.1, 0.15) is 32.7 Å². The molecule has 0 radical (unpaired) electrons. The van der Waals surface area contributed by atoms with E-state index < -0.39 is 23.9 Å². The average molecular weight is 353 g/mol. The number of ether oxygens (including phenoxy) is 1. The molecule has 0 aliphatic heterocycles. The quantitative estimate of drug-likeness (QED) is 0.747. The highest BCUT2D eigenvalue weighted by Crippen LogP contribution is 2.08. The summed E-state index contributed by atoms with van der Waals surface area (Å²) in [5.41, 5.74) is 1.34. The lowest BCUT2D eigenvalue weighted by Crippen LogP contribution is -2.40. The number of benzene rings is 2. The van der Waals surface area contributed by atoms with Crippen molar-refractivity contribution in [1.29, 1.82) is 0 Å². The smallest absolute Gasteiger partial charge is 0.337 e. The molecule has 0 saturated heterocycles. The standard InChI is InChI=1S/C20H19NO5/c1-26-20(25)16-11-6-10-15(13-16)18(22)21-17(19(23)24)12-5-9-14-7-3-2-4-8-14/h2-11,13,17H,12H2,1H3,(H,21,22)(H,23,24)/b9-5+/t17-/m1/s1. The van der Waals surface area contributed by atoms with Crippen molar-refractivity contribution in [1.82, 2.24) is 5.32 Å². The van der Waals surface area contributed by atoms with E-state index in [-0.39, 0.29) is 17.5 Å². The van der Waals surface area contributed by atoms with E-state index >= 15 is 0 Å². The van der Waals surface area contributed by atoms with Crippen molar-refractivity contribution in [3.8, 4) is 0 Å². The molecule has 0 spiro atoms. The van der Waals surface area contributed by atoms with Gasteiger partial charge in [-0.05, 0) is 30.2 Å². The number of hydrogen-bond acceptors (Lipinski definition) is 4. The largest absolute Gasteiger partial charge is 0.480 e. The van der Waals surface area contributed by atoms with Gasteiger partial charge in [-0.3, -0.25) is 4.79 Å². The molecule has 6 nitrogen and oxygen atoms in total. The van der Waals surface area contributed by atoms with Crippen molar-refractivity contribution < 1.29 is 24.2 Å². The number of carboxylic acids is 1. The molecule has 0 aliphatic rings. The van der Waals surface area contributed by atoms with Gasteiger partial charge < -0.3 is 15.2 Å². The minimum Gasteiger partial charge on any atom is -0.480 e. The van der Waals surface area contributed by atoms with Crippen LogP contribution in [-0.4, -0.2) is 36.1 Å². The van der Waals surface area contributed by atoms with E-state index in [9.17, 15) is 19.5 Å². The third kappa shape index (κ3) is 5.31. The van der Waals surface area contributed by atoms with Gasteiger partial charge in [-0.2, -0.15) is 0 Å². The molecule has 2 aromatic rings. The van der Waals surface area contributed by atoms with Gasteiger partial charge in [0.1, 0.15) is 6.04 Å². The summed E-state index contributed by atoms with van der Waals surface area (Å²) in [6.45, 7) is 0. The molecule has 0 saturated carbocycles. The van der Waals surface area contributed by atoms with E-state index in [4.69, 9.17) is 0 Å². The number of nitrogens with one attached hydrogen (secondary N) is 1. The average Bonchev–Trinajstić information content (AvgIpc) is 2.67. The Kier molecular flexibility index (Phi) is 6.68. The van der Waals surface area contributed by atoms with E-state index in [1.165, 1.54) is 31.4 Å². The summed E-state index contributed by atoms with van der Waals surface area (Å²) < 4.78 is 4.61. The zero-order valence-electron chi connectivity index (χ0n) is 14.2. The number of hydrogen-bond donors (Lipinski definition) is 2. The Labute approximate surface area is 151 Å². The SMILES string of the molecule is COC(=O)c1cccc(C(=O)N[C@H](C/C=C/c2ccccc2)C(=O)O)c1. The van der Waals surface area contributed by atoms with Crippen LogP contribution < -0.4 is 5.32 Å². The summed E-state index contributed by atoms with van der Waals surface area (Å²) in [5.74, 6) is -2.28.